The lowest BCUT2D eigenvalue weighted by Crippen LogP contribution is -2.36. The summed E-state index contributed by atoms with van der Waals surface area (Å²) in [5, 5.41) is 0. The van der Waals surface area contributed by atoms with Crippen molar-refractivity contribution in [2.75, 3.05) is 42.4 Å². The van der Waals surface area contributed by atoms with Crippen molar-refractivity contribution in [3.8, 4) is 11.4 Å². The molecule has 0 aliphatic carbocycles. The van der Waals surface area contributed by atoms with E-state index >= 15 is 0 Å². The molecule has 2 aromatic heterocycles. The van der Waals surface area contributed by atoms with Crippen LogP contribution in [0.25, 0.3) is 11.4 Å². The third kappa shape index (κ3) is 3.01. The van der Waals surface area contributed by atoms with Gasteiger partial charge in [-0.25, -0.2) is 10.8 Å². The normalized spacial score (nSPS) is 15.0. The minimum Gasteiger partial charge on any atom is -0.384 e. The monoisotopic (exact) mass is 287 g/mol. The predicted octanol–water partition coefficient (Wildman–Crippen LogP) is 0.243. The lowest BCUT2D eigenvalue weighted by Gasteiger charge is -2.28. The number of nitrogens with zero attached hydrogens (tertiary/aromatic N) is 4. The summed E-state index contributed by atoms with van der Waals surface area (Å²) in [4.78, 5) is 14.8. The zero-order chi connectivity index (χ0) is 14.7. The SMILES string of the molecule is NNc1nc(N)cc(-c2cc(N3CCOCC3)ccn2)n1. The van der Waals surface area contributed by atoms with Gasteiger partial charge in [0.05, 0.1) is 24.6 Å². The van der Waals surface area contributed by atoms with Crippen LogP contribution in [-0.4, -0.2) is 41.3 Å². The largest absolute Gasteiger partial charge is 0.384 e. The van der Waals surface area contributed by atoms with E-state index in [2.05, 4.69) is 25.3 Å². The Labute approximate surface area is 122 Å². The number of ether oxygens (including phenoxy) is 1. The maximum absolute atomic E-state index is 5.75. The molecular formula is C13H17N7O. The van der Waals surface area contributed by atoms with Gasteiger partial charge in [0, 0.05) is 31.0 Å². The Balaban J connectivity index is 1.93. The number of morpholine rings is 1. The highest BCUT2D eigenvalue weighted by molar-refractivity contribution is 5.64. The summed E-state index contributed by atoms with van der Waals surface area (Å²) in [7, 11) is 0. The lowest BCUT2D eigenvalue weighted by molar-refractivity contribution is 0.122. The Kier molecular flexibility index (Phi) is 3.80. The first kappa shape index (κ1) is 13.5. The number of nitrogen functional groups attached to an aromatic ring is 2. The summed E-state index contributed by atoms with van der Waals surface area (Å²) in [6.45, 7) is 3.20. The second kappa shape index (κ2) is 5.90. The van der Waals surface area contributed by atoms with Gasteiger partial charge < -0.3 is 15.4 Å². The van der Waals surface area contributed by atoms with E-state index < -0.39 is 0 Å². The molecule has 0 radical (unpaired) electrons. The van der Waals surface area contributed by atoms with Crippen molar-refractivity contribution >= 4 is 17.5 Å². The fourth-order valence-electron chi connectivity index (χ4n) is 2.24. The van der Waals surface area contributed by atoms with Crippen LogP contribution in [0.1, 0.15) is 0 Å². The average molecular weight is 287 g/mol. The molecule has 0 saturated carbocycles. The second-order valence-corrected chi connectivity index (χ2v) is 4.64. The molecule has 0 spiro atoms. The summed E-state index contributed by atoms with van der Waals surface area (Å²) in [6.07, 6.45) is 1.76. The van der Waals surface area contributed by atoms with Gasteiger partial charge in [0.15, 0.2) is 0 Å². The van der Waals surface area contributed by atoms with Crippen molar-refractivity contribution in [2.45, 2.75) is 0 Å². The summed E-state index contributed by atoms with van der Waals surface area (Å²) >= 11 is 0. The lowest BCUT2D eigenvalue weighted by atomic mass is 10.2. The molecule has 21 heavy (non-hydrogen) atoms. The molecule has 3 rings (SSSR count). The Morgan fingerprint density at radius 2 is 1.95 bits per heavy atom. The van der Waals surface area contributed by atoms with Crippen molar-refractivity contribution in [3.63, 3.8) is 0 Å². The van der Waals surface area contributed by atoms with E-state index in [1.54, 1.807) is 12.3 Å². The van der Waals surface area contributed by atoms with Gasteiger partial charge in [-0.3, -0.25) is 10.4 Å². The number of nitrogens with two attached hydrogens (primary N) is 2. The highest BCUT2D eigenvalue weighted by Gasteiger charge is 2.13. The van der Waals surface area contributed by atoms with Crippen LogP contribution in [-0.2, 0) is 4.74 Å². The highest BCUT2D eigenvalue weighted by atomic mass is 16.5. The molecule has 0 unspecified atom stereocenters. The van der Waals surface area contributed by atoms with E-state index in [0.717, 1.165) is 37.7 Å². The zero-order valence-electron chi connectivity index (χ0n) is 11.5. The van der Waals surface area contributed by atoms with E-state index in [1.165, 1.54) is 0 Å². The molecule has 1 saturated heterocycles. The minimum atomic E-state index is 0.267. The number of hydrazine groups is 1. The first-order valence-electron chi connectivity index (χ1n) is 6.66. The summed E-state index contributed by atoms with van der Waals surface area (Å²) < 4.78 is 5.37. The molecule has 2 aromatic rings. The Hall–Kier alpha value is -2.45. The maximum atomic E-state index is 5.75. The average Bonchev–Trinajstić information content (AvgIpc) is 2.55. The van der Waals surface area contributed by atoms with Crippen LogP contribution in [0.2, 0.25) is 0 Å². The molecule has 1 fully saturated rings. The molecule has 8 nitrogen and oxygen atoms in total. The van der Waals surface area contributed by atoms with Crippen LogP contribution in [0.4, 0.5) is 17.5 Å². The van der Waals surface area contributed by atoms with Gasteiger partial charge in [-0.1, -0.05) is 0 Å². The van der Waals surface area contributed by atoms with Crippen LogP contribution in [0.3, 0.4) is 0 Å². The second-order valence-electron chi connectivity index (χ2n) is 4.64. The molecule has 5 N–H and O–H groups in total. The van der Waals surface area contributed by atoms with Crippen LogP contribution in [0.5, 0.6) is 0 Å². The summed E-state index contributed by atoms with van der Waals surface area (Å²) in [5.41, 5.74) is 10.6. The van der Waals surface area contributed by atoms with Crippen LogP contribution < -0.4 is 21.9 Å². The first-order chi connectivity index (χ1) is 10.3. The third-order valence-electron chi connectivity index (χ3n) is 3.26. The molecule has 1 aliphatic rings. The van der Waals surface area contributed by atoms with Crippen LogP contribution in [0, 0.1) is 0 Å². The summed E-state index contributed by atoms with van der Waals surface area (Å²) in [5.74, 6) is 5.95. The van der Waals surface area contributed by atoms with Gasteiger partial charge >= 0.3 is 0 Å². The van der Waals surface area contributed by atoms with Gasteiger partial charge in [-0.2, -0.15) is 4.98 Å². The Morgan fingerprint density at radius 3 is 2.71 bits per heavy atom. The van der Waals surface area contributed by atoms with E-state index in [4.69, 9.17) is 16.3 Å². The fraction of sp³-hybridized carbons (Fsp3) is 0.308. The molecular weight excluding hydrogens is 270 g/mol. The number of anilines is 3. The molecule has 3 heterocycles. The molecule has 0 atom stereocenters. The zero-order valence-corrected chi connectivity index (χ0v) is 11.5. The van der Waals surface area contributed by atoms with Gasteiger partial charge in [0.2, 0.25) is 5.95 Å². The number of pyridine rings is 1. The van der Waals surface area contributed by atoms with E-state index in [0.29, 0.717) is 11.5 Å². The number of rotatable bonds is 3. The molecule has 1 aliphatic heterocycles. The van der Waals surface area contributed by atoms with Crippen LogP contribution >= 0.6 is 0 Å². The van der Waals surface area contributed by atoms with Gasteiger partial charge in [0.1, 0.15) is 5.82 Å². The van der Waals surface area contributed by atoms with Crippen molar-refractivity contribution < 1.29 is 4.74 Å². The molecule has 0 aromatic carbocycles. The van der Waals surface area contributed by atoms with Crippen molar-refractivity contribution in [1.82, 2.24) is 15.0 Å². The van der Waals surface area contributed by atoms with Crippen molar-refractivity contribution in [1.29, 1.82) is 0 Å². The van der Waals surface area contributed by atoms with E-state index in [1.807, 2.05) is 12.1 Å². The molecule has 8 heteroatoms. The summed E-state index contributed by atoms with van der Waals surface area (Å²) in [6, 6.07) is 5.63. The van der Waals surface area contributed by atoms with Gasteiger partial charge in [-0.15, -0.1) is 0 Å². The minimum absolute atomic E-state index is 0.267. The number of nitrogens with one attached hydrogen (secondary N) is 1. The first-order valence-corrected chi connectivity index (χ1v) is 6.66. The highest BCUT2D eigenvalue weighted by Crippen LogP contribution is 2.23. The molecule has 0 amide bonds. The van der Waals surface area contributed by atoms with Crippen LogP contribution in [0.15, 0.2) is 24.4 Å². The maximum Gasteiger partial charge on any atom is 0.239 e. The number of aromatic nitrogens is 3. The number of hydrogen-bond donors (Lipinski definition) is 3. The third-order valence-corrected chi connectivity index (χ3v) is 3.26. The smallest absolute Gasteiger partial charge is 0.239 e. The van der Waals surface area contributed by atoms with E-state index in [-0.39, 0.29) is 5.95 Å². The molecule has 0 bridgehead atoms. The number of hydrogen-bond acceptors (Lipinski definition) is 8. The predicted molar refractivity (Wildman–Crippen MR) is 80.5 cm³/mol. The fourth-order valence-corrected chi connectivity index (χ4v) is 2.24. The van der Waals surface area contributed by atoms with Gasteiger partial charge in [-0.05, 0) is 12.1 Å². The van der Waals surface area contributed by atoms with Gasteiger partial charge in [0.25, 0.3) is 0 Å². The van der Waals surface area contributed by atoms with E-state index in [9.17, 15) is 0 Å². The van der Waals surface area contributed by atoms with Crippen molar-refractivity contribution in [3.05, 3.63) is 24.4 Å². The quantitative estimate of drug-likeness (QED) is 0.543. The topological polar surface area (TPSA) is 115 Å². The Morgan fingerprint density at radius 1 is 1.14 bits per heavy atom. The molecule has 110 valence electrons. The van der Waals surface area contributed by atoms with Crippen molar-refractivity contribution in [2.24, 2.45) is 5.84 Å². The Bertz CT molecular complexity index is 628. The standard InChI is InChI=1S/C13H17N7O/c14-12-8-11(17-13(18-12)19-15)10-7-9(1-2-16-10)20-3-5-21-6-4-20/h1-2,7-8H,3-6,15H2,(H3,14,17,18,19).